The van der Waals surface area contributed by atoms with Gasteiger partial charge in [-0.15, -0.1) is 0 Å². The number of carbonyl (C=O) groups is 2. The fourth-order valence-electron chi connectivity index (χ4n) is 2.19. The zero-order chi connectivity index (χ0) is 13.1. The van der Waals surface area contributed by atoms with Crippen LogP contribution in [0.1, 0.15) is 28.8 Å². The van der Waals surface area contributed by atoms with Crippen molar-refractivity contribution in [1.82, 2.24) is 4.90 Å². The number of likely N-dealkylation sites (tertiary alicyclic amines) is 1. The number of halogens is 1. The molecule has 1 saturated heterocycles. The van der Waals surface area contributed by atoms with E-state index < -0.39 is 0 Å². The smallest absolute Gasteiger partial charge is 0.253 e. The van der Waals surface area contributed by atoms with Crippen molar-refractivity contribution in [3.05, 3.63) is 35.4 Å². The molecule has 1 aromatic rings. The van der Waals surface area contributed by atoms with Crippen LogP contribution in [0.3, 0.4) is 0 Å². The van der Waals surface area contributed by atoms with Crippen LogP contribution in [-0.2, 0) is 4.79 Å². The molecule has 0 unspecified atom stereocenters. The van der Waals surface area contributed by atoms with E-state index in [-0.39, 0.29) is 17.1 Å². The molecular weight excluding hydrogens is 250 g/mol. The first-order valence-electron chi connectivity index (χ1n) is 6.13. The molecule has 0 aromatic heterocycles. The Hall–Kier alpha value is -1.35. The molecule has 0 radical (unpaired) electrons. The van der Waals surface area contributed by atoms with E-state index in [0.29, 0.717) is 31.5 Å². The van der Waals surface area contributed by atoms with Gasteiger partial charge in [0.25, 0.3) is 5.91 Å². The molecule has 0 atom stereocenters. The highest BCUT2D eigenvalue weighted by atomic mass is 35.5. The summed E-state index contributed by atoms with van der Waals surface area (Å²) < 4.78 is 0. The molecule has 0 aliphatic carbocycles. The van der Waals surface area contributed by atoms with Crippen LogP contribution in [0, 0.1) is 12.8 Å². The molecule has 1 aromatic carbocycles. The molecule has 2 rings (SSSR count). The van der Waals surface area contributed by atoms with Gasteiger partial charge in [0.2, 0.25) is 5.24 Å². The van der Waals surface area contributed by atoms with Crippen LogP contribution >= 0.6 is 11.6 Å². The molecule has 4 heteroatoms. The van der Waals surface area contributed by atoms with Crippen molar-refractivity contribution >= 4 is 22.8 Å². The highest BCUT2D eigenvalue weighted by Gasteiger charge is 2.26. The maximum Gasteiger partial charge on any atom is 0.253 e. The Labute approximate surface area is 112 Å². The third-order valence-electron chi connectivity index (χ3n) is 3.40. The van der Waals surface area contributed by atoms with E-state index in [0.717, 1.165) is 5.56 Å². The second-order valence-corrected chi connectivity index (χ2v) is 5.11. The van der Waals surface area contributed by atoms with Crippen molar-refractivity contribution in [2.24, 2.45) is 5.92 Å². The second-order valence-electron chi connectivity index (χ2n) is 4.74. The Balaban J connectivity index is 1.99. The Morgan fingerprint density at radius 1 is 1.17 bits per heavy atom. The van der Waals surface area contributed by atoms with Crippen molar-refractivity contribution in [2.45, 2.75) is 19.8 Å². The number of benzene rings is 1. The lowest BCUT2D eigenvalue weighted by Gasteiger charge is -2.30. The first kappa shape index (κ1) is 13.1. The van der Waals surface area contributed by atoms with E-state index in [1.54, 1.807) is 4.90 Å². The van der Waals surface area contributed by atoms with Crippen LogP contribution in [0.25, 0.3) is 0 Å². The maximum atomic E-state index is 12.2. The van der Waals surface area contributed by atoms with Crippen LogP contribution in [0.5, 0.6) is 0 Å². The average molecular weight is 266 g/mol. The fourth-order valence-corrected chi connectivity index (χ4v) is 2.41. The molecule has 18 heavy (non-hydrogen) atoms. The van der Waals surface area contributed by atoms with Crippen molar-refractivity contribution in [3.8, 4) is 0 Å². The molecule has 0 saturated carbocycles. The zero-order valence-electron chi connectivity index (χ0n) is 10.4. The predicted molar refractivity (Wildman–Crippen MR) is 70.7 cm³/mol. The maximum absolute atomic E-state index is 12.2. The summed E-state index contributed by atoms with van der Waals surface area (Å²) in [7, 11) is 0. The molecule has 1 aliphatic rings. The van der Waals surface area contributed by atoms with Crippen LogP contribution in [-0.4, -0.2) is 29.1 Å². The summed E-state index contributed by atoms with van der Waals surface area (Å²) in [6.07, 6.45) is 1.33. The highest BCUT2D eigenvalue weighted by molar-refractivity contribution is 6.64. The minimum Gasteiger partial charge on any atom is -0.339 e. The van der Waals surface area contributed by atoms with Gasteiger partial charge in [0.15, 0.2) is 0 Å². The number of amides is 1. The molecule has 0 bridgehead atoms. The van der Waals surface area contributed by atoms with Gasteiger partial charge >= 0.3 is 0 Å². The first-order chi connectivity index (χ1) is 8.58. The van der Waals surface area contributed by atoms with Gasteiger partial charge in [-0.05, 0) is 43.5 Å². The SMILES string of the molecule is Cc1ccc(C(=O)N2CCC(C(=O)Cl)CC2)cc1. The van der Waals surface area contributed by atoms with Gasteiger partial charge in [0.05, 0.1) is 0 Å². The van der Waals surface area contributed by atoms with Crippen LogP contribution in [0.4, 0.5) is 0 Å². The predicted octanol–water partition coefficient (Wildman–Crippen LogP) is 2.61. The standard InChI is InChI=1S/C14H16ClNO2/c1-10-2-4-12(5-3-10)14(18)16-8-6-11(7-9-16)13(15)17/h2-5,11H,6-9H2,1H3. The molecular formula is C14H16ClNO2. The van der Waals surface area contributed by atoms with E-state index in [2.05, 4.69) is 0 Å². The molecule has 3 nitrogen and oxygen atoms in total. The van der Waals surface area contributed by atoms with E-state index in [9.17, 15) is 9.59 Å². The number of piperidine rings is 1. The Morgan fingerprint density at radius 3 is 2.22 bits per heavy atom. The van der Waals surface area contributed by atoms with Gasteiger partial charge in [-0.25, -0.2) is 0 Å². The molecule has 1 heterocycles. The third kappa shape index (κ3) is 2.91. The minimum absolute atomic E-state index is 0.0375. The molecule has 1 amide bonds. The van der Waals surface area contributed by atoms with Gasteiger partial charge in [-0.3, -0.25) is 9.59 Å². The number of rotatable bonds is 2. The van der Waals surface area contributed by atoms with Crippen molar-refractivity contribution in [3.63, 3.8) is 0 Å². The van der Waals surface area contributed by atoms with Crippen LogP contribution in [0.15, 0.2) is 24.3 Å². The second kappa shape index (κ2) is 5.53. The normalized spacial score (nSPS) is 16.7. The topological polar surface area (TPSA) is 37.4 Å². The molecule has 1 fully saturated rings. The van der Waals surface area contributed by atoms with Crippen molar-refractivity contribution in [2.75, 3.05) is 13.1 Å². The van der Waals surface area contributed by atoms with Crippen LogP contribution in [0.2, 0.25) is 0 Å². The van der Waals surface area contributed by atoms with E-state index in [4.69, 9.17) is 11.6 Å². The quantitative estimate of drug-likeness (QED) is 0.771. The summed E-state index contributed by atoms with van der Waals surface area (Å²) in [4.78, 5) is 25.0. The van der Waals surface area contributed by atoms with Gasteiger partial charge in [-0.2, -0.15) is 0 Å². The van der Waals surface area contributed by atoms with Gasteiger partial charge < -0.3 is 4.90 Å². The monoisotopic (exact) mass is 265 g/mol. The number of aryl methyl sites for hydroxylation is 1. The lowest BCUT2D eigenvalue weighted by molar-refractivity contribution is -0.116. The summed E-state index contributed by atoms with van der Waals surface area (Å²) in [5.74, 6) is -0.0517. The largest absolute Gasteiger partial charge is 0.339 e. The summed E-state index contributed by atoms with van der Waals surface area (Å²) in [5.41, 5.74) is 1.84. The number of carbonyl (C=O) groups excluding carboxylic acids is 2. The lowest BCUT2D eigenvalue weighted by Crippen LogP contribution is -2.39. The zero-order valence-corrected chi connectivity index (χ0v) is 11.1. The Bertz CT molecular complexity index is 447. The van der Waals surface area contributed by atoms with E-state index >= 15 is 0 Å². The molecule has 0 spiro atoms. The summed E-state index contributed by atoms with van der Waals surface area (Å²) >= 11 is 5.48. The molecule has 96 valence electrons. The molecule has 0 N–H and O–H groups in total. The lowest BCUT2D eigenvalue weighted by atomic mass is 9.97. The Morgan fingerprint density at radius 2 is 1.72 bits per heavy atom. The highest BCUT2D eigenvalue weighted by Crippen LogP contribution is 2.21. The van der Waals surface area contributed by atoms with Gasteiger partial charge in [0.1, 0.15) is 0 Å². The van der Waals surface area contributed by atoms with Crippen molar-refractivity contribution in [1.29, 1.82) is 0 Å². The van der Waals surface area contributed by atoms with Gasteiger partial charge in [0, 0.05) is 24.6 Å². The minimum atomic E-state index is -0.280. The summed E-state index contributed by atoms with van der Waals surface area (Å²) in [6.45, 7) is 3.21. The van der Waals surface area contributed by atoms with Gasteiger partial charge in [-0.1, -0.05) is 17.7 Å². The summed E-state index contributed by atoms with van der Waals surface area (Å²) in [6, 6.07) is 7.55. The van der Waals surface area contributed by atoms with E-state index in [1.165, 1.54) is 0 Å². The van der Waals surface area contributed by atoms with E-state index in [1.807, 2.05) is 31.2 Å². The number of hydrogen-bond acceptors (Lipinski definition) is 2. The van der Waals surface area contributed by atoms with Crippen molar-refractivity contribution < 1.29 is 9.59 Å². The number of hydrogen-bond donors (Lipinski definition) is 0. The molecule has 1 aliphatic heterocycles. The van der Waals surface area contributed by atoms with Crippen LogP contribution < -0.4 is 0 Å². The summed E-state index contributed by atoms with van der Waals surface area (Å²) in [5, 5.41) is -0.280. The first-order valence-corrected chi connectivity index (χ1v) is 6.51. The number of nitrogens with zero attached hydrogens (tertiary/aromatic N) is 1. The fraction of sp³-hybridized carbons (Fsp3) is 0.429. The Kier molecular flexibility index (Phi) is 4.02. The third-order valence-corrected chi connectivity index (χ3v) is 3.71. The average Bonchev–Trinajstić information content (AvgIpc) is 2.39.